The Hall–Kier alpha value is -0.610. The van der Waals surface area contributed by atoms with Gasteiger partial charge in [-0.3, -0.25) is 9.69 Å². The highest BCUT2D eigenvalue weighted by molar-refractivity contribution is 5.78. The summed E-state index contributed by atoms with van der Waals surface area (Å²) in [7, 11) is 1.96. The summed E-state index contributed by atoms with van der Waals surface area (Å²) in [6.45, 7) is 5.16. The number of carbonyl (C=O) groups excluding carboxylic acids is 1. The Balaban J connectivity index is 1.50. The number of hydrogen-bond donors (Lipinski definition) is 1. The molecule has 90 valence electrons. The third-order valence-corrected chi connectivity index (χ3v) is 4.31. The molecule has 0 spiro atoms. The molecule has 2 aliphatic heterocycles. The molecule has 3 aliphatic rings. The van der Waals surface area contributed by atoms with Crippen LogP contribution in [0.4, 0.5) is 0 Å². The predicted octanol–water partition coefficient (Wildman–Crippen LogP) is -0.242. The minimum Gasteiger partial charge on any atom is -0.342 e. The SMILES string of the molecule is CN(C(=O)CN1C[C@H]2CNC[C@H]2C1)C1CC1. The normalized spacial score (nSPS) is 34.1. The monoisotopic (exact) mass is 223 g/mol. The second-order valence-corrected chi connectivity index (χ2v) is 5.61. The number of likely N-dealkylation sites (tertiary alicyclic amines) is 1. The average Bonchev–Trinajstić information content (AvgIpc) is 2.90. The molecule has 0 aromatic carbocycles. The third kappa shape index (κ3) is 1.96. The Bertz CT molecular complexity index is 278. The average molecular weight is 223 g/mol. The van der Waals surface area contributed by atoms with Crippen LogP contribution in [0.5, 0.6) is 0 Å². The summed E-state index contributed by atoms with van der Waals surface area (Å²) in [6, 6.07) is 0.552. The van der Waals surface area contributed by atoms with Crippen LogP contribution in [-0.4, -0.2) is 61.5 Å². The lowest BCUT2D eigenvalue weighted by Gasteiger charge is -2.21. The highest BCUT2D eigenvalue weighted by Crippen LogP contribution is 2.28. The fourth-order valence-corrected chi connectivity index (χ4v) is 3.05. The maximum absolute atomic E-state index is 12.0. The second kappa shape index (κ2) is 4.00. The number of nitrogens with zero attached hydrogens (tertiary/aromatic N) is 2. The van der Waals surface area contributed by atoms with Crippen LogP contribution in [0.25, 0.3) is 0 Å². The van der Waals surface area contributed by atoms with Crippen LogP contribution in [0.1, 0.15) is 12.8 Å². The van der Waals surface area contributed by atoms with Crippen molar-refractivity contribution in [3.8, 4) is 0 Å². The first kappa shape index (κ1) is 10.5. The molecular weight excluding hydrogens is 202 g/mol. The van der Waals surface area contributed by atoms with Crippen molar-refractivity contribution in [1.29, 1.82) is 0 Å². The van der Waals surface area contributed by atoms with Crippen LogP contribution < -0.4 is 5.32 Å². The molecule has 2 heterocycles. The summed E-state index contributed by atoms with van der Waals surface area (Å²) >= 11 is 0. The summed E-state index contributed by atoms with van der Waals surface area (Å²) in [5.41, 5.74) is 0. The number of carbonyl (C=O) groups is 1. The largest absolute Gasteiger partial charge is 0.342 e. The third-order valence-electron chi connectivity index (χ3n) is 4.31. The zero-order valence-electron chi connectivity index (χ0n) is 9.98. The van der Waals surface area contributed by atoms with Crippen molar-refractivity contribution in [2.45, 2.75) is 18.9 Å². The lowest BCUT2D eigenvalue weighted by atomic mass is 10.0. The molecule has 3 fully saturated rings. The van der Waals surface area contributed by atoms with E-state index >= 15 is 0 Å². The highest BCUT2D eigenvalue weighted by atomic mass is 16.2. The highest BCUT2D eigenvalue weighted by Gasteiger charge is 2.37. The number of rotatable bonds is 3. The topological polar surface area (TPSA) is 35.6 Å². The molecule has 1 aliphatic carbocycles. The van der Waals surface area contributed by atoms with Gasteiger partial charge in [0.25, 0.3) is 0 Å². The van der Waals surface area contributed by atoms with Gasteiger partial charge in [0, 0.05) is 26.2 Å². The standard InChI is InChI=1S/C12H21N3O/c1-14(11-2-3-11)12(16)8-15-6-9-4-13-5-10(9)7-15/h9-11,13H,2-8H2,1H3/t9-,10+. The van der Waals surface area contributed by atoms with Crippen LogP contribution in [0, 0.1) is 11.8 Å². The maximum atomic E-state index is 12.0. The molecule has 0 unspecified atom stereocenters. The first-order valence-corrected chi connectivity index (χ1v) is 6.43. The summed E-state index contributed by atoms with van der Waals surface area (Å²) in [6.07, 6.45) is 2.41. The van der Waals surface area contributed by atoms with E-state index in [1.54, 1.807) is 0 Å². The van der Waals surface area contributed by atoms with Gasteiger partial charge in [0.15, 0.2) is 0 Å². The predicted molar refractivity (Wildman–Crippen MR) is 62.1 cm³/mol. The van der Waals surface area contributed by atoms with Crippen LogP contribution in [-0.2, 0) is 4.79 Å². The molecule has 3 rings (SSSR count). The van der Waals surface area contributed by atoms with E-state index < -0.39 is 0 Å². The molecule has 4 heteroatoms. The van der Waals surface area contributed by atoms with Gasteiger partial charge in [-0.05, 0) is 37.8 Å². The fourth-order valence-electron chi connectivity index (χ4n) is 3.05. The van der Waals surface area contributed by atoms with Crippen LogP contribution in [0.15, 0.2) is 0 Å². The molecule has 0 radical (unpaired) electrons. The molecular formula is C12H21N3O. The molecule has 16 heavy (non-hydrogen) atoms. The van der Waals surface area contributed by atoms with Crippen molar-refractivity contribution in [3.05, 3.63) is 0 Å². The number of nitrogens with one attached hydrogen (secondary N) is 1. The zero-order chi connectivity index (χ0) is 11.1. The van der Waals surface area contributed by atoms with E-state index in [2.05, 4.69) is 10.2 Å². The van der Waals surface area contributed by atoms with Gasteiger partial charge >= 0.3 is 0 Å². The second-order valence-electron chi connectivity index (χ2n) is 5.61. The Morgan fingerprint density at radius 2 is 1.94 bits per heavy atom. The van der Waals surface area contributed by atoms with E-state index in [1.165, 1.54) is 12.8 Å². The van der Waals surface area contributed by atoms with E-state index in [4.69, 9.17) is 0 Å². The van der Waals surface area contributed by atoms with Crippen LogP contribution in [0.3, 0.4) is 0 Å². The van der Waals surface area contributed by atoms with Crippen molar-refractivity contribution in [1.82, 2.24) is 15.1 Å². The molecule has 2 saturated heterocycles. The molecule has 1 amide bonds. The minimum atomic E-state index is 0.315. The minimum absolute atomic E-state index is 0.315. The summed E-state index contributed by atoms with van der Waals surface area (Å²) in [5, 5.41) is 3.43. The van der Waals surface area contributed by atoms with E-state index in [9.17, 15) is 4.79 Å². The Morgan fingerprint density at radius 1 is 1.31 bits per heavy atom. The molecule has 4 nitrogen and oxygen atoms in total. The van der Waals surface area contributed by atoms with E-state index in [0.29, 0.717) is 18.5 Å². The van der Waals surface area contributed by atoms with Gasteiger partial charge in [-0.2, -0.15) is 0 Å². The van der Waals surface area contributed by atoms with Gasteiger partial charge in [0.2, 0.25) is 5.91 Å². The van der Waals surface area contributed by atoms with Crippen molar-refractivity contribution in [2.24, 2.45) is 11.8 Å². The van der Waals surface area contributed by atoms with Gasteiger partial charge < -0.3 is 10.2 Å². The van der Waals surface area contributed by atoms with Crippen LogP contribution >= 0.6 is 0 Å². The first-order valence-electron chi connectivity index (χ1n) is 6.43. The van der Waals surface area contributed by atoms with Gasteiger partial charge in [0.1, 0.15) is 0 Å². The Kier molecular flexibility index (Phi) is 2.64. The van der Waals surface area contributed by atoms with Crippen molar-refractivity contribution in [3.63, 3.8) is 0 Å². The number of hydrogen-bond acceptors (Lipinski definition) is 3. The zero-order valence-corrected chi connectivity index (χ0v) is 9.98. The maximum Gasteiger partial charge on any atom is 0.236 e. The molecule has 0 bridgehead atoms. The van der Waals surface area contributed by atoms with Gasteiger partial charge in [-0.1, -0.05) is 0 Å². The van der Waals surface area contributed by atoms with Crippen molar-refractivity contribution >= 4 is 5.91 Å². The number of amides is 1. The fraction of sp³-hybridized carbons (Fsp3) is 0.917. The number of fused-ring (bicyclic) bond motifs is 1. The van der Waals surface area contributed by atoms with E-state index in [0.717, 1.165) is 38.0 Å². The summed E-state index contributed by atoms with van der Waals surface area (Å²) < 4.78 is 0. The molecule has 1 N–H and O–H groups in total. The Labute approximate surface area is 97.0 Å². The molecule has 1 saturated carbocycles. The van der Waals surface area contributed by atoms with Crippen molar-refractivity contribution < 1.29 is 4.79 Å². The van der Waals surface area contributed by atoms with Gasteiger partial charge in [-0.25, -0.2) is 0 Å². The lowest BCUT2D eigenvalue weighted by molar-refractivity contribution is -0.131. The van der Waals surface area contributed by atoms with Gasteiger partial charge in [0.05, 0.1) is 6.54 Å². The quantitative estimate of drug-likeness (QED) is 0.717. The number of likely N-dealkylation sites (N-methyl/N-ethyl adjacent to an activating group) is 1. The van der Waals surface area contributed by atoms with E-state index in [1.807, 2.05) is 11.9 Å². The summed E-state index contributed by atoms with van der Waals surface area (Å²) in [4.78, 5) is 16.3. The van der Waals surface area contributed by atoms with Gasteiger partial charge in [-0.15, -0.1) is 0 Å². The molecule has 2 atom stereocenters. The molecule has 0 aromatic heterocycles. The Morgan fingerprint density at radius 3 is 2.50 bits per heavy atom. The smallest absolute Gasteiger partial charge is 0.236 e. The summed E-state index contributed by atoms with van der Waals surface area (Å²) in [5.74, 6) is 1.90. The van der Waals surface area contributed by atoms with E-state index in [-0.39, 0.29) is 0 Å². The first-order chi connectivity index (χ1) is 7.74. The lowest BCUT2D eigenvalue weighted by Crippen LogP contribution is -2.39. The molecule has 0 aromatic rings. The van der Waals surface area contributed by atoms with Crippen LogP contribution in [0.2, 0.25) is 0 Å². The van der Waals surface area contributed by atoms with Crippen molar-refractivity contribution in [2.75, 3.05) is 39.8 Å².